The van der Waals surface area contributed by atoms with Crippen molar-refractivity contribution >= 4 is 11.6 Å². The summed E-state index contributed by atoms with van der Waals surface area (Å²) in [4.78, 5) is 24.8. The molecule has 0 aliphatic heterocycles. The maximum Gasteiger partial charge on any atom is 0.163 e. The molecule has 0 amide bonds. The van der Waals surface area contributed by atoms with Crippen LogP contribution in [0, 0.1) is 23.2 Å². The fourth-order valence-electron chi connectivity index (χ4n) is 3.30. The minimum atomic E-state index is -0.508. The third kappa shape index (κ3) is 2.24. The number of hydrogen-bond donors (Lipinski definition) is 0. The van der Waals surface area contributed by atoms with Gasteiger partial charge in [-0.2, -0.15) is 0 Å². The summed E-state index contributed by atoms with van der Waals surface area (Å²) in [6.45, 7) is 8.17. The zero-order valence-electron chi connectivity index (χ0n) is 12.1. The zero-order valence-corrected chi connectivity index (χ0v) is 12.1. The van der Waals surface area contributed by atoms with Crippen LogP contribution >= 0.6 is 0 Å². The minimum absolute atomic E-state index is 0.0589. The van der Waals surface area contributed by atoms with Gasteiger partial charge in [-0.05, 0) is 11.8 Å². The highest BCUT2D eigenvalue weighted by Crippen LogP contribution is 2.49. The lowest BCUT2D eigenvalue weighted by Crippen LogP contribution is -2.32. The van der Waals surface area contributed by atoms with Crippen molar-refractivity contribution in [2.75, 3.05) is 0 Å². The lowest BCUT2D eigenvalue weighted by Gasteiger charge is -2.28. The number of rotatable bonds is 3. The molecule has 1 aliphatic rings. The summed E-state index contributed by atoms with van der Waals surface area (Å²) >= 11 is 0. The normalized spacial score (nSPS) is 34.5. The Bertz CT molecular complexity index is 491. The summed E-state index contributed by atoms with van der Waals surface area (Å²) < 4.78 is 0. The minimum Gasteiger partial charge on any atom is -0.299 e. The number of ketones is 2. The van der Waals surface area contributed by atoms with E-state index in [4.69, 9.17) is 0 Å². The van der Waals surface area contributed by atoms with Crippen molar-refractivity contribution in [2.24, 2.45) is 23.2 Å². The highest BCUT2D eigenvalue weighted by molar-refractivity contribution is 6.01. The Morgan fingerprint density at radius 3 is 2.21 bits per heavy atom. The Kier molecular flexibility index (Phi) is 3.62. The summed E-state index contributed by atoms with van der Waals surface area (Å²) in [5.41, 5.74) is 0.196. The lowest BCUT2D eigenvalue weighted by atomic mass is 9.73. The second-order valence-electron chi connectivity index (χ2n) is 6.18. The van der Waals surface area contributed by atoms with Gasteiger partial charge in [0.1, 0.15) is 5.78 Å². The van der Waals surface area contributed by atoms with Crippen LogP contribution in [0.25, 0.3) is 0 Å². The molecule has 102 valence electrons. The molecule has 4 atom stereocenters. The predicted molar refractivity (Wildman–Crippen MR) is 76.0 cm³/mol. The number of hydrogen-bond acceptors (Lipinski definition) is 2. The second kappa shape index (κ2) is 4.92. The smallest absolute Gasteiger partial charge is 0.163 e. The SMILES string of the molecule is CC1C(=O)C(C)(CC(=O)c2ccccc2)C(C)C1C. The molecule has 0 radical (unpaired) electrons. The third-order valence-corrected chi connectivity index (χ3v) is 5.18. The summed E-state index contributed by atoms with van der Waals surface area (Å²) in [5, 5.41) is 0. The van der Waals surface area contributed by atoms with Crippen molar-refractivity contribution in [1.29, 1.82) is 0 Å². The second-order valence-corrected chi connectivity index (χ2v) is 6.18. The largest absolute Gasteiger partial charge is 0.299 e. The molecule has 2 rings (SSSR count). The Hall–Kier alpha value is -1.44. The van der Waals surface area contributed by atoms with Gasteiger partial charge in [0.25, 0.3) is 0 Å². The highest BCUT2D eigenvalue weighted by atomic mass is 16.1. The Morgan fingerprint density at radius 1 is 1.16 bits per heavy atom. The van der Waals surface area contributed by atoms with Crippen LogP contribution in [0.15, 0.2) is 30.3 Å². The third-order valence-electron chi connectivity index (χ3n) is 5.18. The van der Waals surface area contributed by atoms with Crippen LogP contribution in [0.2, 0.25) is 0 Å². The van der Waals surface area contributed by atoms with Crippen LogP contribution in [0.4, 0.5) is 0 Å². The number of carbonyl (C=O) groups is 2. The molecule has 0 N–H and O–H groups in total. The molecule has 0 bridgehead atoms. The van der Waals surface area contributed by atoms with E-state index >= 15 is 0 Å². The van der Waals surface area contributed by atoms with Gasteiger partial charge < -0.3 is 0 Å². The molecule has 0 spiro atoms. The Balaban J connectivity index is 2.23. The number of benzene rings is 1. The highest BCUT2D eigenvalue weighted by Gasteiger charge is 2.52. The van der Waals surface area contributed by atoms with E-state index in [0.717, 1.165) is 0 Å². The molecule has 1 aromatic rings. The standard InChI is InChI=1S/C17H22O2/c1-11-12(2)16(19)17(4,13(11)3)10-15(18)14-8-6-5-7-9-14/h5-9,11-13H,10H2,1-4H3. The maximum atomic E-state index is 12.5. The lowest BCUT2D eigenvalue weighted by molar-refractivity contribution is -0.128. The van der Waals surface area contributed by atoms with Crippen molar-refractivity contribution in [3.05, 3.63) is 35.9 Å². The van der Waals surface area contributed by atoms with E-state index < -0.39 is 5.41 Å². The molecule has 0 aromatic heterocycles. The quantitative estimate of drug-likeness (QED) is 0.774. The molecule has 1 aromatic carbocycles. The molecule has 0 heterocycles. The van der Waals surface area contributed by atoms with Gasteiger partial charge in [0, 0.05) is 23.3 Å². The average molecular weight is 258 g/mol. The van der Waals surface area contributed by atoms with E-state index in [-0.39, 0.29) is 23.4 Å². The molecular formula is C17H22O2. The predicted octanol–water partition coefficient (Wildman–Crippen LogP) is 3.76. The zero-order chi connectivity index (χ0) is 14.2. The van der Waals surface area contributed by atoms with Crippen molar-refractivity contribution in [1.82, 2.24) is 0 Å². The van der Waals surface area contributed by atoms with Crippen LogP contribution in [0.3, 0.4) is 0 Å². The number of carbonyl (C=O) groups excluding carboxylic acids is 2. The van der Waals surface area contributed by atoms with Crippen molar-refractivity contribution in [3.8, 4) is 0 Å². The molecule has 0 saturated heterocycles. The van der Waals surface area contributed by atoms with Crippen molar-refractivity contribution < 1.29 is 9.59 Å². The number of Topliss-reactive ketones (excluding diaryl/α,β-unsaturated/α-hetero) is 2. The van der Waals surface area contributed by atoms with Gasteiger partial charge in [-0.25, -0.2) is 0 Å². The van der Waals surface area contributed by atoms with Crippen LogP contribution in [-0.4, -0.2) is 11.6 Å². The topological polar surface area (TPSA) is 34.1 Å². The van der Waals surface area contributed by atoms with E-state index in [1.807, 2.05) is 44.2 Å². The first-order chi connectivity index (χ1) is 8.88. The van der Waals surface area contributed by atoms with E-state index in [9.17, 15) is 9.59 Å². The summed E-state index contributed by atoms with van der Waals surface area (Å²) in [7, 11) is 0. The molecule has 1 saturated carbocycles. The van der Waals surface area contributed by atoms with Gasteiger partial charge in [-0.1, -0.05) is 58.0 Å². The molecule has 4 unspecified atom stereocenters. The van der Waals surface area contributed by atoms with Gasteiger partial charge in [0.2, 0.25) is 0 Å². The first-order valence-corrected chi connectivity index (χ1v) is 7.00. The first kappa shape index (κ1) is 14.0. The summed E-state index contributed by atoms with van der Waals surface area (Å²) in [6.07, 6.45) is 0.325. The van der Waals surface area contributed by atoms with E-state index in [2.05, 4.69) is 13.8 Å². The Morgan fingerprint density at radius 2 is 1.74 bits per heavy atom. The van der Waals surface area contributed by atoms with Gasteiger partial charge in [0.15, 0.2) is 5.78 Å². The molecular weight excluding hydrogens is 236 g/mol. The van der Waals surface area contributed by atoms with Crippen LogP contribution < -0.4 is 0 Å². The summed E-state index contributed by atoms with van der Waals surface area (Å²) in [5.74, 6) is 0.980. The summed E-state index contributed by atoms with van der Waals surface area (Å²) in [6, 6.07) is 9.26. The monoisotopic (exact) mass is 258 g/mol. The Labute approximate surface area is 115 Å². The van der Waals surface area contributed by atoms with Crippen LogP contribution in [0.5, 0.6) is 0 Å². The van der Waals surface area contributed by atoms with Crippen LogP contribution in [0.1, 0.15) is 44.5 Å². The first-order valence-electron chi connectivity index (χ1n) is 7.00. The molecule has 2 heteroatoms. The molecule has 19 heavy (non-hydrogen) atoms. The van der Waals surface area contributed by atoms with Gasteiger partial charge in [0.05, 0.1) is 0 Å². The molecule has 2 nitrogen and oxygen atoms in total. The van der Waals surface area contributed by atoms with Crippen molar-refractivity contribution in [3.63, 3.8) is 0 Å². The van der Waals surface area contributed by atoms with E-state index in [1.54, 1.807) is 0 Å². The molecule has 1 aliphatic carbocycles. The molecule has 1 fully saturated rings. The van der Waals surface area contributed by atoms with Gasteiger partial charge in [-0.15, -0.1) is 0 Å². The van der Waals surface area contributed by atoms with Gasteiger partial charge >= 0.3 is 0 Å². The van der Waals surface area contributed by atoms with Crippen LogP contribution in [-0.2, 0) is 4.79 Å². The van der Waals surface area contributed by atoms with E-state index in [0.29, 0.717) is 17.9 Å². The van der Waals surface area contributed by atoms with E-state index in [1.165, 1.54) is 0 Å². The van der Waals surface area contributed by atoms with Gasteiger partial charge in [-0.3, -0.25) is 9.59 Å². The van der Waals surface area contributed by atoms with Crippen molar-refractivity contribution in [2.45, 2.75) is 34.1 Å². The fraction of sp³-hybridized carbons (Fsp3) is 0.529. The maximum absolute atomic E-state index is 12.5. The average Bonchev–Trinajstić information content (AvgIpc) is 2.56. The fourth-order valence-corrected chi connectivity index (χ4v) is 3.30.